The van der Waals surface area contributed by atoms with Gasteiger partial charge in [-0.05, 0) is 42.7 Å². The number of pyridine rings is 1. The van der Waals surface area contributed by atoms with Crippen molar-refractivity contribution in [1.82, 2.24) is 14.7 Å². The molecule has 0 saturated heterocycles. The number of carbonyl (C=O) groups is 1. The first-order valence-corrected chi connectivity index (χ1v) is 8.07. The van der Waals surface area contributed by atoms with E-state index in [1.54, 1.807) is 41.8 Å². The van der Waals surface area contributed by atoms with Crippen LogP contribution in [0.25, 0.3) is 5.65 Å². The molecule has 2 aromatic heterocycles. The Kier molecular flexibility index (Phi) is 4.53. The molecule has 0 aliphatic heterocycles. The number of benzene rings is 1. The van der Waals surface area contributed by atoms with Gasteiger partial charge in [0.15, 0.2) is 0 Å². The summed E-state index contributed by atoms with van der Waals surface area (Å²) in [6, 6.07) is 8.43. The smallest absolute Gasteiger partial charge is 0.270 e. The van der Waals surface area contributed by atoms with Gasteiger partial charge in [0.25, 0.3) is 5.91 Å². The number of hydrogen-bond acceptors (Lipinski definition) is 2. The number of fused-ring (bicyclic) bond motifs is 1. The summed E-state index contributed by atoms with van der Waals surface area (Å²) in [6.45, 7) is 3.88. The Labute approximate surface area is 144 Å². The molecular formula is C18H17ClFN3O. The number of hydrogen-bond donors (Lipinski definition) is 1. The number of nitrogens with one attached hydrogen (secondary N) is 1. The molecule has 24 heavy (non-hydrogen) atoms. The topological polar surface area (TPSA) is 46.4 Å². The van der Waals surface area contributed by atoms with E-state index in [0.717, 1.165) is 0 Å². The lowest BCUT2D eigenvalue weighted by atomic mass is 10.1. The SMILES string of the molecule is CCc1nc2ccc(Cl)cn2c1C(=O)NCc1ccc(C)c(F)c1. The highest BCUT2D eigenvalue weighted by molar-refractivity contribution is 6.30. The van der Waals surface area contributed by atoms with Crippen LogP contribution in [0.15, 0.2) is 36.5 Å². The van der Waals surface area contributed by atoms with Crippen molar-refractivity contribution in [1.29, 1.82) is 0 Å². The fraction of sp³-hybridized carbons (Fsp3) is 0.222. The van der Waals surface area contributed by atoms with Crippen molar-refractivity contribution in [3.8, 4) is 0 Å². The fourth-order valence-corrected chi connectivity index (χ4v) is 2.73. The van der Waals surface area contributed by atoms with Gasteiger partial charge in [0.1, 0.15) is 17.2 Å². The van der Waals surface area contributed by atoms with Gasteiger partial charge in [-0.1, -0.05) is 30.7 Å². The summed E-state index contributed by atoms with van der Waals surface area (Å²) in [6.07, 6.45) is 2.30. The van der Waals surface area contributed by atoms with Crippen LogP contribution in [0.4, 0.5) is 4.39 Å². The lowest BCUT2D eigenvalue weighted by Gasteiger charge is -2.08. The van der Waals surface area contributed by atoms with Crippen LogP contribution in [0.2, 0.25) is 5.02 Å². The minimum absolute atomic E-state index is 0.243. The van der Waals surface area contributed by atoms with Crippen molar-refractivity contribution in [2.24, 2.45) is 0 Å². The third-order valence-corrected chi connectivity index (χ3v) is 4.12. The zero-order valence-electron chi connectivity index (χ0n) is 13.4. The van der Waals surface area contributed by atoms with E-state index >= 15 is 0 Å². The largest absolute Gasteiger partial charge is 0.347 e. The first-order chi connectivity index (χ1) is 11.5. The van der Waals surface area contributed by atoms with E-state index in [4.69, 9.17) is 11.6 Å². The van der Waals surface area contributed by atoms with Crippen LogP contribution in [0, 0.1) is 12.7 Å². The van der Waals surface area contributed by atoms with Gasteiger partial charge in [-0.2, -0.15) is 0 Å². The molecule has 0 saturated carbocycles. The second kappa shape index (κ2) is 6.61. The van der Waals surface area contributed by atoms with Crippen molar-refractivity contribution in [3.05, 3.63) is 69.9 Å². The van der Waals surface area contributed by atoms with Crippen molar-refractivity contribution >= 4 is 23.2 Å². The number of imidazole rings is 1. The molecule has 1 aromatic carbocycles. The van der Waals surface area contributed by atoms with Crippen molar-refractivity contribution in [3.63, 3.8) is 0 Å². The van der Waals surface area contributed by atoms with Gasteiger partial charge in [0.05, 0.1) is 10.7 Å². The fourth-order valence-electron chi connectivity index (χ4n) is 2.57. The Morgan fingerprint density at radius 2 is 2.12 bits per heavy atom. The summed E-state index contributed by atoms with van der Waals surface area (Å²) in [5, 5.41) is 3.35. The van der Waals surface area contributed by atoms with Crippen molar-refractivity contribution in [2.75, 3.05) is 0 Å². The second-order valence-corrected chi connectivity index (χ2v) is 6.04. The van der Waals surface area contributed by atoms with Crippen LogP contribution >= 0.6 is 11.6 Å². The number of aromatic nitrogens is 2. The lowest BCUT2D eigenvalue weighted by Crippen LogP contribution is -2.25. The van der Waals surface area contributed by atoms with Crippen LogP contribution in [-0.4, -0.2) is 15.3 Å². The molecule has 124 valence electrons. The average molecular weight is 346 g/mol. The number of aryl methyl sites for hydroxylation is 2. The number of amides is 1. The molecule has 1 amide bonds. The summed E-state index contributed by atoms with van der Waals surface area (Å²) in [5.41, 5.74) is 3.11. The van der Waals surface area contributed by atoms with Gasteiger partial charge in [-0.25, -0.2) is 9.37 Å². The molecular weight excluding hydrogens is 329 g/mol. The molecule has 4 nitrogen and oxygen atoms in total. The van der Waals surface area contributed by atoms with Gasteiger partial charge in [0, 0.05) is 12.7 Å². The Morgan fingerprint density at radius 3 is 2.83 bits per heavy atom. The molecule has 0 atom stereocenters. The number of nitrogens with zero attached hydrogens (tertiary/aromatic N) is 2. The summed E-state index contributed by atoms with van der Waals surface area (Å²) in [5.74, 6) is -0.541. The highest BCUT2D eigenvalue weighted by Gasteiger charge is 2.18. The maximum Gasteiger partial charge on any atom is 0.270 e. The third-order valence-electron chi connectivity index (χ3n) is 3.89. The summed E-state index contributed by atoms with van der Waals surface area (Å²) in [4.78, 5) is 17.1. The zero-order valence-corrected chi connectivity index (χ0v) is 14.2. The monoisotopic (exact) mass is 345 g/mol. The molecule has 0 bridgehead atoms. The van der Waals surface area contributed by atoms with E-state index in [0.29, 0.717) is 39.6 Å². The summed E-state index contributed by atoms with van der Waals surface area (Å²) < 4.78 is 15.3. The number of rotatable bonds is 4. The van der Waals surface area contributed by atoms with Gasteiger partial charge in [-0.3, -0.25) is 9.20 Å². The van der Waals surface area contributed by atoms with Crippen LogP contribution in [0.1, 0.15) is 34.2 Å². The first kappa shape index (κ1) is 16.5. The van der Waals surface area contributed by atoms with E-state index in [9.17, 15) is 9.18 Å². The normalized spacial score (nSPS) is 11.0. The molecule has 0 fully saturated rings. The summed E-state index contributed by atoms with van der Waals surface area (Å²) >= 11 is 6.03. The molecule has 0 radical (unpaired) electrons. The molecule has 0 spiro atoms. The highest BCUT2D eigenvalue weighted by atomic mass is 35.5. The average Bonchev–Trinajstić information content (AvgIpc) is 2.93. The third kappa shape index (κ3) is 3.12. The van der Waals surface area contributed by atoms with Crippen LogP contribution in [-0.2, 0) is 13.0 Å². The van der Waals surface area contributed by atoms with E-state index in [2.05, 4.69) is 10.3 Å². The molecule has 3 aromatic rings. The molecule has 6 heteroatoms. The van der Waals surface area contributed by atoms with Gasteiger partial charge in [-0.15, -0.1) is 0 Å². The molecule has 0 aliphatic rings. The predicted octanol–water partition coefficient (Wildman–Crippen LogP) is 3.93. The Balaban J connectivity index is 1.87. The predicted molar refractivity (Wildman–Crippen MR) is 91.9 cm³/mol. The molecule has 0 aliphatic carbocycles. The quantitative estimate of drug-likeness (QED) is 0.778. The van der Waals surface area contributed by atoms with Gasteiger partial charge >= 0.3 is 0 Å². The van der Waals surface area contributed by atoms with E-state index in [1.807, 2.05) is 6.92 Å². The lowest BCUT2D eigenvalue weighted by molar-refractivity contribution is 0.0944. The van der Waals surface area contributed by atoms with Crippen LogP contribution in [0.3, 0.4) is 0 Å². The molecule has 1 N–H and O–H groups in total. The summed E-state index contributed by atoms with van der Waals surface area (Å²) in [7, 11) is 0. The molecule has 2 heterocycles. The minimum Gasteiger partial charge on any atom is -0.347 e. The number of halogens is 2. The van der Waals surface area contributed by atoms with Crippen molar-refractivity contribution < 1.29 is 9.18 Å². The van der Waals surface area contributed by atoms with E-state index in [-0.39, 0.29) is 18.3 Å². The zero-order chi connectivity index (χ0) is 17.3. The highest BCUT2D eigenvalue weighted by Crippen LogP contribution is 2.17. The van der Waals surface area contributed by atoms with Gasteiger partial charge in [0.2, 0.25) is 0 Å². The second-order valence-electron chi connectivity index (χ2n) is 5.60. The van der Waals surface area contributed by atoms with Gasteiger partial charge < -0.3 is 5.32 Å². The number of carbonyl (C=O) groups excluding carboxylic acids is 1. The minimum atomic E-state index is -0.280. The first-order valence-electron chi connectivity index (χ1n) is 7.69. The van der Waals surface area contributed by atoms with E-state index < -0.39 is 0 Å². The van der Waals surface area contributed by atoms with E-state index in [1.165, 1.54) is 6.07 Å². The van der Waals surface area contributed by atoms with Crippen molar-refractivity contribution in [2.45, 2.75) is 26.8 Å². The maximum atomic E-state index is 13.6. The molecule has 3 rings (SSSR count). The Hall–Kier alpha value is -2.40. The standard InChI is InChI=1S/C18H17ClFN3O/c1-3-15-17(23-10-13(19)6-7-16(23)22-15)18(24)21-9-12-5-4-11(2)14(20)8-12/h4-8,10H,3,9H2,1-2H3,(H,21,24). The maximum absolute atomic E-state index is 13.6. The van der Waals surface area contributed by atoms with Crippen LogP contribution in [0.5, 0.6) is 0 Å². The Bertz CT molecular complexity index is 920. The van der Waals surface area contributed by atoms with Crippen LogP contribution < -0.4 is 5.32 Å². The Morgan fingerprint density at radius 1 is 1.33 bits per heavy atom. The molecule has 0 unspecified atom stereocenters.